The molecule has 3 aromatic rings. The number of fused-ring (bicyclic) bond motifs is 3. The average molecular weight is 446 g/mol. The van der Waals surface area contributed by atoms with Crippen molar-refractivity contribution >= 4 is 6.09 Å². The third kappa shape index (κ3) is 4.47. The number of hydrogen-bond acceptors (Lipinski definition) is 4. The van der Waals surface area contributed by atoms with Crippen LogP contribution < -0.4 is 4.74 Å². The van der Waals surface area contributed by atoms with Crippen molar-refractivity contribution in [1.82, 2.24) is 14.9 Å². The van der Waals surface area contributed by atoms with Crippen molar-refractivity contribution in [3.8, 4) is 17.0 Å². The SMILES string of the molecule is COc1ccc2c(c1)-c1nc(C3CCC(N(C)C(=O)OCc4ccccc4)CC3)[nH]c1CC2. The molecule has 0 saturated heterocycles. The van der Waals surface area contributed by atoms with Crippen LogP contribution >= 0.6 is 0 Å². The smallest absolute Gasteiger partial charge is 0.410 e. The molecule has 0 bridgehead atoms. The maximum atomic E-state index is 12.5. The standard InChI is InChI=1S/C27H31N3O3/c1-30(27(31)33-17-18-6-4-3-5-7-18)21-12-8-20(9-13-21)26-28-24-15-11-19-10-14-22(32-2)16-23(19)25(24)29-26/h3-7,10,14,16,20-21H,8-9,11-13,15,17H2,1-2H3,(H,28,29). The Labute approximate surface area is 194 Å². The van der Waals surface area contributed by atoms with E-state index in [9.17, 15) is 4.79 Å². The number of nitrogens with one attached hydrogen (secondary N) is 1. The summed E-state index contributed by atoms with van der Waals surface area (Å²) in [6.07, 6.45) is 5.70. The van der Waals surface area contributed by atoms with Gasteiger partial charge in [-0.25, -0.2) is 9.78 Å². The van der Waals surface area contributed by atoms with E-state index in [4.69, 9.17) is 14.5 Å². The number of carbonyl (C=O) groups is 1. The van der Waals surface area contributed by atoms with Gasteiger partial charge in [0.1, 0.15) is 18.2 Å². The van der Waals surface area contributed by atoms with Crippen molar-refractivity contribution < 1.29 is 14.3 Å². The summed E-state index contributed by atoms with van der Waals surface area (Å²) < 4.78 is 11.0. The molecule has 2 aliphatic carbocycles. The van der Waals surface area contributed by atoms with Crippen molar-refractivity contribution in [3.63, 3.8) is 0 Å². The second-order valence-electron chi connectivity index (χ2n) is 9.13. The summed E-state index contributed by atoms with van der Waals surface area (Å²) in [7, 11) is 3.56. The number of H-pyrrole nitrogens is 1. The Morgan fingerprint density at radius 1 is 1.09 bits per heavy atom. The van der Waals surface area contributed by atoms with Gasteiger partial charge in [-0.15, -0.1) is 0 Å². The number of carbonyl (C=O) groups excluding carboxylic acids is 1. The molecule has 6 heteroatoms. The fourth-order valence-electron chi connectivity index (χ4n) is 5.11. The maximum absolute atomic E-state index is 12.5. The zero-order chi connectivity index (χ0) is 22.8. The van der Waals surface area contributed by atoms with E-state index in [0.29, 0.717) is 12.5 Å². The van der Waals surface area contributed by atoms with Crippen LogP contribution in [0.5, 0.6) is 5.75 Å². The Balaban J connectivity index is 1.20. The van der Waals surface area contributed by atoms with Crippen LogP contribution in [0.4, 0.5) is 4.79 Å². The summed E-state index contributed by atoms with van der Waals surface area (Å²) in [6, 6.07) is 16.3. The first-order valence-electron chi connectivity index (χ1n) is 11.8. The Morgan fingerprint density at radius 3 is 2.64 bits per heavy atom. The molecule has 1 aromatic heterocycles. The summed E-state index contributed by atoms with van der Waals surface area (Å²) in [5.74, 6) is 2.35. The number of methoxy groups -OCH3 is 1. The molecule has 0 spiro atoms. The van der Waals surface area contributed by atoms with Crippen LogP contribution in [0.25, 0.3) is 11.3 Å². The second kappa shape index (κ2) is 9.30. The molecule has 1 fully saturated rings. The monoisotopic (exact) mass is 445 g/mol. The summed E-state index contributed by atoms with van der Waals surface area (Å²) in [4.78, 5) is 23.0. The van der Waals surface area contributed by atoms with Crippen LogP contribution in [-0.4, -0.2) is 41.2 Å². The van der Waals surface area contributed by atoms with Gasteiger partial charge in [-0.05, 0) is 61.8 Å². The van der Waals surface area contributed by atoms with Gasteiger partial charge in [-0.1, -0.05) is 36.4 Å². The molecule has 1 N–H and O–H groups in total. The number of nitrogens with zero attached hydrogens (tertiary/aromatic N) is 2. The Kier molecular flexibility index (Phi) is 6.07. The highest BCUT2D eigenvalue weighted by molar-refractivity contribution is 5.70. The molecule has 0 unspecified atom stereocenters. The molecule has 0 radical (unpaired) electrons. The molecule has 1 saturated carbocycles. The summed E-state index contributed by atoms with van der Waals surface area (Å²) in [5.41, 5.74) is 5.83. The van der Waals surface area contributed by atoms with E-state index in [0.717, 1.165) is 61.4 Å². The van der Waals surface area contributed by atoms with Gasteiger partial charge in [0.15, 0.2) is 0 Å². The first-order chi connectivity index (χ1) is 16.1. The molecule has 33 heavy (non-hydrogen) atoms. The minimum Gasteiger partial charge on any atom is -0.497 e. The Bertz CT molecular complexity index is 1120. The molecule has 0 atom stereocenters. The van der Waals surface area contributed by atoms with Crippen LogP contribution in [0.3, 0.4) is 0 Å². The lowest BCUT2D eigenvalue weighted by atomic mass is 9.85. The summed E-state index contributed by atoms with van der Waals surface area (Å²) in [6.45, 7) is 0.309. The number of aromatic nitrogens is 2. The molecule has 6 nitrogen and oxygen atoms in total. The number of imidazole rings is 1. The fourth-order valence-corrected chi connectivity index (χ4v) is 5.11. The van der Waals surface area contributed by atoms with Crippen LogP contribution in [0, 0.1) is 0 Å². The predicted molar refractivity (Wildman–Crippen MR) is 127 cm³/mol. The molecular formula is C27H31N3O3. The lowest BCUT2D eigenvalue weighted by Crippen LogP contribution is -2.39. The Morgan fingerprint density at radius 2 is 1.88 bits per heavy atom. The van der Waals surface area contributed by atoms with E-state index in [2.05, 4.69) is 17.1 Å². The molecule has 2 aromatic carbocycles. The second-order valence-corrected chi connectivity index (χ2v) is 9.13. The largest absolute Gasteiger partial charge is 0.497 e. The highest BCUT2D eigenvalue weighted by Crippen LogP contribution is 2.38. The highest BCUT2D eigenvalue weighted by atomic mass is 16.6. The normalized spacial score (nSPS) is 19.3. The number of ether oxygens (including phenoxy) is 2. The van der Waals surface area contributed by atoms with Gasteiger partial charge in [-0.2, -0.15) is 0 Å². The number of benzene rings is 2. The molecule has 172 valence electrons. The van der Waals surface area contributed by atoms with Gasteiger partial charge in [0, 0.05) is 30.3 Å². The molecular weight excluding hydrogens is 414 g/mol. The van der Waals surface area contributed by atoms with E-state index in [-0.39, 0.29) is 12.1 Å². The predicted octanol–water partition coefficient (Wildman–Crippen LogP) is 5.48. The third-order valence-corrected chi connectivity index (χ3v) is 7.14. The van der Waals surface area contributed by atoms with Crippen molar-refractivity contribution in [2.75, 3.05) is 14.2 Å². The van der Waals surface area contributed by atoms with Crippen molar-refractivity contribution in [1.29, 1.82) is 0 Å². The summed E-state index contributed by atoms with van der Waals surface area (Å²) in [5, 5.41) is 0. The van der Waals surface area contributed by atoms with Gasteiger partial charge in [0.05, 0.1) is 12.8 Å². The number of aromatic amines is 1. The van der Waals surface area contributed by atoms with Crippen LogP contribution in [0.2, 0.25) is 0 Å². The minimum atomic E-state index is -0.249. The van der Waals surface area contributed by atoms with E-state index in [1.165, 1.54) is 16.8 Å². The first kappa shape index (κ1) is 21.6. The van der Waals surface area contributed by atoms with Crippen LogP contribution in [0.15, 0.2) is 48.5 Å². The number of rotatable bonds is 5. The van der Waals surface area contributed by atoms with Crippen molar-refractivity contribution in [2.24, 2.45) is 0 Å². The van der Waals surface area contributed by atoms with E-state index < -0.39 is 0 Å². The molecule has 1 amide bonds. The zero-order valence-corrected chi connectivity index (χ0v) is 19.3. The maximum Gasteiger partial charge on any atom is 0.410 e. The minimum absolute atomic E-state index is 0.207. The number of aryl methyl sites for hydroxylation is 2. The van der Waals surface area contributed by atoms with Gasteiger partial charge in [0.2, 0.25) is 0 Å². The van der Waals surface area contributed by atoms with Crippen LogP contribution in [0.1, 0.15) is 54.2 Å². The quantitative estimate of drug-likeness (QED) is 0.565. The van der Waals surface area contributed by atoms with Crippen LogP contribution in [-0.2, 0) is 24.2 Å². The molecule has 1 heterocycles. The van der Waals surface area contributed by atoms with Gasteiger partial charge in [-0.3, -0.25) is 0 Å². The van der Waals surface area contributed by atoms with Crippen molar-refractivity contribution in [2.45, 2.75) is 57.1 Å². The third-order valence-electron chi connectivity index (χ3n) is 7.14. The average Bonchev–Trinajstić information content (AvgIpc) is 3.32. The first-order valence-corrected chi connectivity index (χ1v) is 11.8. The lowest BCUT2D eigenvalue weighted by molar-refractivity contribution is 0.0819. The lowest BCUT2D eigenvalue weighted by Gasteiger charge is -2.33. The Hall–Kier alpha value is -3.28. The van der Waals surface area contributed by atoms with Gasteiger partial charge in [0.25, 0.3) is 0 Å². The number of amides is 1. The molecule has 5 rings (SSSR count). The molecule has 0 aliphatic heterocycles. The van der Waals surface area contributed by atoms with E-state index >= 15 is 0 Å². The topological polar surface area (TPSA) is 67.4 Å². The summed E-state index contributed by atoms with van der Waals surface area (Å²) >= 11 is 0. The van der Waals surface area contributed by atoms with Crippen molar-refractivity contribution in [3.05, 3.63) is 71.2 Å². The zero-order valence-electron chi connectivity index (χ0n) is 19.3. The molecule has 2 aliphatic rings. The fraction of sp³-hybridized carbons (Fsp3) is 0.407. The van der Waals surface area contributed by atoms with Gasteiger partial charge >= 0.3 is 6.09 Å². The van der Waals surface area contributed by atoms with Gasteiger partial charge < -0.3 is 19.4 Å². The highest BCUT2D eigenvalue weighted by Gasteiger charge is 2.31. The van der Waals surface area contributed by atoms with E-state index in [1.807, 2.05) is 43.4 Å². The number of hydrogen-bond donors (Lipinski definition) is 1. The van der Waals surface area contributed by atoms with E-state index in [1.54, 1.807) is 12.0 Å².